The number of nitrogens with two attached hydrogens (primary N) is 1. The van der Waals surface area contributed by atoms with E-state index in [1.807, 2.05) is 0 Å². The van der Waals surface area contributed by atoms with E-state index < -0.39 is 10.0 Å². The Hall–Kier alpha value is -0.140. The summed E-state index contributed by atoms with van der Waals surface area (Å²) in [5.74, 6) is 1.75. The molecule has 0 saturated carbocycles. The normalized spacial score (nSPS) is 18.2. The summed E-state index contributed by atoms with van der Waals surface area (Å²) in [7, 11) is -3.66. The van der Waals surface area contributed by atoms with Crippen LogP contribution in [-0.2, 0) is 10.0 Å². The molecule has 8 heteroatoms. The maximum Gasteiger partial charge on any atom is 0.246 e. The van der Waals surface area contributed by atoms with Crippen LogP contribution in [0.4, 0.5) is 5.69 Å². The van der Waals surface area contributed by atoms with Gasteiger partial charge in [-0.1, -0.05) is 23.2 Å². The van der Waals surface area contributed by atoms with Gasteiger partial charge in [-0.3, -0.25) is 0 Å². The van der Waals surface area contributed by atoms with E-state index in [0.717, 1.165) is 17.9 Å². The molecular formula is C11H14Cl2N2O2S2. The Morgan fingerprint density at radius 3 is 2.42 bits per heavy atom. The lowest BCUT2D eigenvalue weighted by molar-refractivity contribution is 0.435. The van der Waals surface area contributed by atoms with Gasteiger partial charge in [-0.05, 0) is 24.3 Å². The molecule has 2 N–H and O–H groups in total. The monoisotopic (exact) mass is 340 g/mol. The molecule has 1 aromatic rings. The van der Waals surface area contributed by atoms with Gasteiger partial charge in [0, 0.05) is 24.5 Å². The highest BCUT2D eigenvalue weighted by Gasteiger charge is 2.29. The van der Waals surface area contributed by atoms with Crippen molar-refractivity contribution in [2.45, 2.75) is 11.3 Å². The third-order valence-corrected chi connectivity index (χ3v) is 6.67. The first-order valence-corrected chi connectivity index (χ1v) is 9.10. The first kappa shape index (κ1) is 15.3. The smallest absolute Gasteiger partial charge is 0.246 e. The zero-order valence-electron chi connectivity index (χ0n) is 10.1. The largest absolute Gasteiger partial charge is 0.399 e. The summed E-state index contributed by atoms with van der Waals surface area (Å²) in [5.41, 5.74) is 5.94. The average molecular weight is 341 g/mol. The summed E-state index contributed by atoms with van der Waals surface area (Å²) < 4.78 is 26.6. The second-order valence-electron chi connectivity index (χ2n) is 4.18. The van der Waals surface area contributed by atoms with Gasteiger partial charge < -0.3 is 5.73 Å². The molecule has 1 aliphatic rings. The van der Waals surface area contributed by atoms with Crippen molar-refractivity contribution in [3.63, 3.8) is 0 Å². The third kappa shape index (κ3) is 3.31. The van der Waals surface area contributed by atoms with E-state index in [-0.39, 0.29) is 14.9 Å². The molecule has 0 bridgehead atoms. The first-order chi connectivity index (χ1) is 8.93. The molecule has 1 aliphatic heterocycles. The molecule has 0 atom stereocenters. The molecular weight excluding hydrogens is 327 g/mol. The molecule has 1 aromatic carbocycles. The molecule has 1 fully saturated rings. The van der Waals surface area contributed by atoms with Crippen molar-refractivity contribution in [2.24, 2.45) is 0 Å². The van der Waals surface area contributed by atoms with Gasteiger partial charge in [0.25, 0.3) is 0 Å². The summed E-state index contributed by atoms with van der Waals surface area (Å²) in [5, 5.41) is 0.142. The van der Waals surface area contributed by atoms with E-state index in [2.05, 4.69) is 0 Å². The zero-order valence-corrected chi connectivity index (χ0v) is 13.2. The van der Waals surface area contributed by atoms with Gasteiger partial charge in [-0.2, -0.15) is 16.1 Å². The van der Waals surface area contributed by atoms with Crippen LogP contribution in [0.15, 0.2) is 17.0 Å². The highest BCUT2D eigenvalue weighted by atomic mass is 35.5. The Morgan fingerprint density at radius 2 is 1.79 bits per heavy atom. The van der Waals surface area contributed by atoms with E-state index in [1.165, 1.54) is 16.4 Å². The highest BCUT2D eigenvalue weighted by molar-refractivity contribution is 7.99. The van der Waals surface area contributed by atoms with Gasteiger partial charge in [0.1, 0.15) is 4.90 Å². The number of hydrogen-bond donors (Lipinski definition) is 1. The SMILES string of the molecule is Nc1cc(Cl)c(S(=O)(=O)N2CCCSCC2)c(Cl)c1. The quantitative estimate of drug-likeness (QED) is 0.840. The van der Waals surface area contributed by atoms with Crippen molar-refractivity contribution < 1.29 is 8.42 Å². The minimum absolute atomic E-state index is 0.0445. The summed E-state index contributed by atoms with van der Waals surface area (Å²) in [6.45, 7) is 0.969. The second-order valence-corrected chi connectivity index (χ2v) is 8.10. The van der Waals surface area contributed by atoms with Gasteiger partial charge in [-0.15, -0.1) is 0 Å². The Kier molecular flexibility index (Phi) is 4.89. The van der Waals surface area contributed by atoms with Crippen LogP contribution in [0.1, 0.15) is 6.42 Å². The lowest BCUT2D eigenvalue weighted by atomic mass is 10.3. The Labute approximate surface area is 127 Å². The van der Waals surface area contributed by atoms with Gasteiger partial charge in [0.2, 0.25) is 10.0 Å². The maximum absolute atomic E-state index is 12.6. The third-order valence-electron chi connectivity index (χ3n) is 2.80. The second kappa shape index (κ2) is 6.10. The van der Waals surface area contributed by atoms with Crippen molar-refractivity contribution in [3.8, 4) is 0 Å². The van der Waals surface area contributed by atoms with Crippen molar-refractivity contribution in [3.05, 3.63) is 22.2 Å². The van der Waals surface area contributed by atoms with Gasteiger partial charge in [0.15, 0.2) is 0 Å². The van der Waals surface area contributed by atoms with E-state index in [0.29, 0.717) is 18.8 Å². The fraction of sp³-hybridized carbons (Fsp3) is 0.455. The van der Waals surface area contributed by atoms with Crippen molar-refractivity contribution in [2.75, 3.05) is 30.3 Å². The van der Waals surface area contributed by atoms with Crippen LogP contribution in [0, 0.1) is 0 Å². The number of halogens is 2. The van der Waals surface area contributed by atoms with Crippen LogP contribution >= 0.6 is 35.0 Å². The van der Waals surface area contributed by atoms with Crippen LogP contribution in [-0.4, -0.2) is 37.3 Å². The molecule has 0 radical (unpaired) electrons. The van der Waals surface area contributed by atoms with Gasteiger partial charge in [0.05, 0.1) is 10.0 Å². The molecule has 0 aliphatic carbocycles. The van der Waals surface area contributed by atoms with E-state index >= 15 is 0 Å². The van der Waals surface area contributed by atoms with Gasteiger partial charge in [-0.25, -0.2) is 8.42 Å². The summed E-state index contributed by atoms with van der Waals surface area (Å²) in [6, 6.07) is 2.82. The number of nitrogen functional groups attached to an aromatic ring is 1. The molecule has 0 aromatic heterocycles. The standard InChI is InChI=1S/C11H14Cl2N2O2S2/c12-9-6-8(14)7-10(13)11(9)19(16,17)15-2-1-4-18-5-3-15/h6-7H,1-5,14H2. The fourth-order valence-corrected chi connectivity index (χ4v) is 5.58. The van der Waals surface area contributed by atoms with Crippen molar-refractivity contribution in [1.29, 1.82) is 0 Å². The molecule has 4 nitrogen and oxygen atoms in total. The van der Waals surface area contributed by atoms with Crippen LogP contribution in [0.2, 0.25) is 10.0 Å². The fourth-order valence-electron chi connectivity index (χ4n) is 1.92. The number of thioether (sulfide) groups is 1. The molecule has 0 unspecified atom stereocenters. The Bertz CT molecular complexity index is 547. The lowest BCUT2D eigenvalue weighted by Gasteiger charge is -2.21. The molecule has 1 saturated heterocycles. The topological polar surface area (TPSA) is 63.4 Å². The van der Waals surface area contributed by atoms with E-state index in [1.54, 1.807) is 11.8 Å². The van der Waals surface area contributed by atoms with Crippen molar-refractivity contribution in [1.82, 2.24) is 4.31 Å². The molecule has 2 rings (SSSR count). The maximum atomic E-state index is 12.6. The minimum Gasteiger partial charge on any atom is -0.399 e. The number of anilines is 1. The lowest BCUT2D eigenvalue weighted by Crippen LogP contribution is -2.33. The van der Waals surface area contributed by atoms with E-state index in [4.69, 9.17) is 28.9 Å². The predicted molar refractivity (Wildman–Crippen MR) is 81.6 cm³/mol. The number of rotatable bonds is 2. The highest BCUT2D eigenvalue weighted by Crippen LogP contribution is 2.34. The van der Waals surface area contributed by atoms with Crippen LogP contribution in [0.5, 0.6) is 0 Å². The summed E-state index contributed by atoms with van der Waals surface area (Å²) in [6.07, 6.45) is 0.827. The average Bonchev–Trinajstić information content (AvgIpc) is 2.55. The van der Waals surface area contributed by atoms with Crippen LogP contribution < -0.4 is 5.73 Å². The first-order valence-electron chi connectivity index (χ1n) is 5.75. The van der Waals surface area contributed by atoms with Crippen LogP contribution in [0.3, 0.4) is 0 Å². The summed E-state index contributed by atoms with van der Waals surface area (Å²) >= 11 is 13.8. The number of hydrogen-bond acceptors (Lipinski definition) is 4. The number of benzene rings is 1. The van der Waals surface area contributed by atoms with E-state index in [9.17, 15) is 8.42 Å². The zero-order chi connectivity index (χ0) is 14.0. The minimum atomic E-state index is -3.66. The molecule has 0 amide bonds. The van der Waals surface area contributed by atoms with Crippen molar-refractivity contribution >= 4 is 50.7 Å². The Balaban J connectivity index is 2.44. The number of sulfonamides is 1. The molecule has 0 spiro atoms. The molecule has 19 heavy (non-hydrogen) atoms. The number of nitrogens with zero attached hydrogens (tertiary/aromatic N) is 1. The molecule has 106 valence electrons. The van der Waals surface area contributed by atoms with Gasteiger partial charge >= 0.3 is 0 Å². The molecule has 1 heterocycles. The Morgan fingerprint density at radius 1 is 1.16 bits per heavy atom. The summed E-state index contributed by atoms with van der Waals surface area (Å²) in [4.78, 5) is -0.0445. The van der Waals surface area contributed by atoms with Crippen LogP contribution in [0.25, 0.3) is 0 Å². The predicted octanol–water partition coefficient (Wildman–Crippen LogP) is 2.70.